The Hall–Kier alpha value is -2.75. The van der Waals surface area contributed by atoms with Crippen LogP contribution in [0.15, 0.2) is 76.9 Å². The van der Waals surface area contributed by atoms with Gasteiger partial charge >= 0.3 is 0 Å². The largest absolute Gasteiger partial charge is 0.276 e. The number of fused-ring (bicyclic) bond motifs is 2. The van der Waals surface area contributed by atoms with Crippen LogP contribution < -0.4 is 0 Å². The summed E-state index contributed by atoms with van der Waals surface area (Å²) in [4.78, 5) is 0.149. The van der Waals surface area contributed by atoms with Gasteiger partial charge in [0.25, 0.3) is 0 Å². The lowest BCUT2D eigenvalue weighted by Gasteiger charge is -2.28. The topological polar surface area (TPSA) is 67.6 Å². The molecule has 5 rings (SSSR count). The van der Waals surface area contributed by atoms with Crippen molar-refractivity contribution in [2.24, 2.45) is 0 Å². The summed E-state index contributed by atoms with van der Waals surface area (Å²) in [6, 6.07) is 17.5. The molecule has 1 aliphatic rings. The molecule has 1 aliphatic heterocycles. The Kier molecular flexibility index (Phi) is 5.25. The molecule has 0 saturated carbocycles. The molecule has 0 aliphatic carbocycles. The Morgan fingerprint density at radius 3 is 2.55 bits per heavy atom. The Bertz CT molecular complexity index is 1350. The molecule has 0 spiro atoms. The zero-order valence-electron chi connectivity index (χ0n) is 16.5. The maximum atomic E-state index is 13.4. The Labute approximate surface area is 183 Å². The first-order valence-corrected chi connectivity index (χ1v) is 12.2. The van der Waals surface area contributed by atoms with Crippen molar-refractivity contribution in [3.05, 3.63) is 89.4 Å². The van der Waals surface area contributed by atoms with Crippen molar-refractivity contribution < 1.29 is 12.8 Å². The average Bonchev–Trinajstić information content (AvgIpc) is 3.21. The lowest BCUT2D eigenvalue weighted by atomic mass is 10.0. The van der Waals surface area contributed by atoms with Gasteiger partial charge in [-0.25, -0.2) is 12.8 Å². The first-order chi connectivity index (χ1) is 15.0. The fourth-order valence-corrected chi connectivity index (χ4v) is 6.13. The summed E-state index contributed by atoms with van der Waals surface area (Å²) in [6.07, 6.45) is 2.44. The van der Waals surface area contributed by atoms with Crippen molar-refractivity contribution in [3.63, 3.8) is 0 Å². The van der Waals surface area contributed by atoms with E-state index in [9.17, 15) is 12.8 Å². The zero-order valence-corrected chi connectivity index (χ0v) is 18.1. The molecule has 158 valence electrons. The number of pyridine rings is 1. The van der Waals surface area contributed by atoms with Crippen LogP contribution in [0.4, 0.5) is 4.39 Å². The Morgan fingerprint density at radius 2 is 1.74 bits per heavy atom. The van der Waals surface area contributed by atoms with Gasteiger partial charge in [-0.1, -0.05) is 48.2 Å². The van der Waals surface area contributed by atoms with E-state index in [0.29, 0.717) is 36.1 Å². The molecule has 0 bridgehead atoms. The van der Waals surface area contributed by atoms with E-state index in [4.69, 9.17) is 0 Å². The molecule has 0 N–H and O–H groups in total. The minimum absolute atomic E-state index is 0.149. The number of hydrogen-bond acceptors (Lipinski definition) is 5. The number of aromatic nitrogens is 3. The van der Waals surface area contributed by atoms with Crippen LogP contribution in [0.1, 0.15) is 16.7 Å². The van der Waals surface area contributed by atoms with Gasteiger partial charge in [0.1, 0.15) is 10.7 Å². The van der Waals surface area contributed by atoms with E-state index in [1.165, 1.54) is 33.8 Å². The third kappa shape index (κ3) is 3.84. The predicted molar refractivity (Wildman–Crippen MR) is 117 cm³/mol. The third-order valence-corrected chi connectivity index (χ3v) is 8.24. The molecule has 4 aromatic rings. The summed E-state index contributed by atoms with van der Waals surface area (Å²) < 4.78 is 43.2. The first-order valence-electron chi connectivity index (χ1n) is 9.80. The summed E-state index contributed by atoms with van der Waals surface area (Å²) in [5.74, 6) is 0.290. The molecule has 2 aromatic heterocycles. The molecule has 2 aromatic carbocycles. The highest BCUT2D eigenvalue weighted by molar-refractivity contribution is 7.98. The highest BCUT2D eigenvalue weighted by Gasteiger charge is 2.31. The van der Waals surface area contributed by atoms with E-state index in [1.54, 1.807) is 34.9 Å². The van der Waals surface area contributed by atoms with Gasteiger partial charge in [0.2, 0.25) is 10.0 Å². The van der Waals surface area contributed by atoms with Crippen molar-refractivity contribution in [2.45, 2.75) is 28.8 Å². The second-order valence-corrected chi connectivity index (χ2v) is 10.2. The number of sulfonamides is 1. The van der Waals surface area contributed by atoms with Crippen molar-refractivity contribution >= 4 is 27.4 Å². The quantitative estimate of drug-likeness (QED) is 0.428. The molecule has 0 atom stereocenters. The van der Waals surface area contributed by atoms with Crippen LogP contribution in [-0.2, 0) is 28.7 Å². The maximum absolute atomic E-state index is 13.4. The summed E-state index contributed by atoms with van der Waals surface area (Å²) in [5.41, 5.74) is 3.47. The van der Waals surface area contributed by atoms with Crippen LogP contribution >= 0.6 is 11.8 Å². The van der Waals surface area contributed by atoms with E-state index >= 15 is 0 Å². The number of nitrogens with zero attached hydrogens (tertiary/aromatic N) is 4. The van der Waals surface area contributed by atoms with Crippen LogP contribution in [0.3, 0.4) is 0 Å². The molecule has 0 radical (unpaired) electrons. The molecule has 0 fully saturated rings. The predicted octanol–water partition coefficient (Wildman–Crippen LogP) is 3.91. The maximum Gasteiger partial charge on any atom is 0.247 e. The van der Waals surface area contributed by atoms with Gasteiger partial charge in [-0.3, -0.25) is 4.40 Å². The molecular formula is C22H19FN4O2S2. The summed E-state index contributed by atoms with van der Waals surface area (Å²) >= 11 is 1.42. The molecule has 0 unspecified atom stereocenters. The first kappa shape index (κ1) is 20.2. The normalized spacial score (nSPS) is 14.6. The van der Waals surface area contributed by atoms with E-state index < -0.39 is 10.0 Å². The number of hydrogen-bond donors (Lipinski definition) is 0. The molecular weight excluding hydrogens is 435 g/mol. The third-order valence-electron chi connectivity index (χ3n) is 5.36. The lowest BCUT2D eigenvalue weighted by Crippen LogP contribution is -2.36. The Balaban J connectivity index is 1.43. The number of benzene rings is 2. The second kappa shape index (κ2) is 8.07. The molecule has 3 heterocycles. The molecule has 0 saturated heterocycles. The second-order valence-electron chi connectivity index (χ2n) is 7.32. The molecule has 9 heteroatoms. The zero-order chi connectivity index (χ0) is 21.4. The van der Waals surface area contributed by atoms with Crippen LogP contribution in [-0.4, -0.2) is 33.9 Å². The monoisotopic (exact) mass is 454 g/mol. The van der Waals surface area contributed by atoms with Crippen molar-refractivity contribution in [3.8, 4) is 0 Å². The van der Waals surface area contributed by atoms with E-state index in [-0.39, 0.29) is 10.7 Å². The summed E-state index contributed by atoms with van der Waals surface area (Å²) in [5, 5.41) is 8.96. The van der Waals surface area contributed by atoms with E-state index in [0.717, 1.165) is 11.1 Å². The van der Waals surface area contributed by atoms with E-state index in [2.05, 4.69) is 10.2 Å². The summed E-state index contributed by atoms with van der Waals surface area (Å²) in [7, 11) is -3.73. The molecule has 6 nitrogen and oxygen atoms in total. The van der Waals surface area contributed by atoms with E-state index in [1.807, 2.05) is 24.3 Å². The number of thioether (sulfide) groups is 1. The van der Waals surface area contributed by atoms with Crippen LogP contribution in [0.5, 0.6) is 0 Å². The summed E-state index contributed by atoms with van der Waals surface area (Å²) in [6.45, 7) is 0.778. The van der Waals surface area contributed by atoms with Gasteiger partial charge in [-0.2, -0.15) is 4.31 Å². The highest BCUT2D eigenvalue weighted by atomic mass is 32.2. The van der Waals surface area contributed by atoms with Gasteiger partial charge in [-0.05, 0) is 47.4 Å². The standard InChI is InChI=1S/C22H19FN4O2S2/c23-19-9-7-16(8-10-19)15-30-22-25-24-21-20(6-3-12-27(21)22)31(28,29)26-13-11-17-4-1-2-5-18(17)14-26/h1-10,12H,11,13-15H2. The lowest BCUT2D eigenvalue weighted by molar-refractivity contribution is 0.391. The van der Waals surface area contributed by atoms with Crippen LogP contribution in [0.2, 0.25) is 0 Å². The fraction of sp³-hybridized carbons (Fsp3) is 0.182. The Morgan fingerprint density at radius 1 is 0.968 bits per heavy atom. The minimum atomic E-state index is -3.73. The van der Waals surface area contributed by atoms with Crippen molar-refractivity contribution in [2.75, 3.05) is 6.54 Å². The van der Waals surface area contributed by atoms with Gasteiger partial charge in [0.15, 0.2) is 10.8 Å². The molecule has 31 heavy (non-hydrogen) atoms. The average molecular weight is 455 g/mol. The van der Waals surface area contributed by atoms with Gasteiger partial charge in [-0.15, -0.1) is 10.2 Å². The van der Waals surface area contributed by atoms with Gasteiger partial charge in [0, 0.05) is 25.0 Å². The van der Waals surface area contributed by atoms with Crippen molar-refractivity contribution in [1.82, 2.24) is 18.9 Å². The molecule has 0 amide bonds. The number of halogens is 1. The van der Waals surface area contributed by atoms with Crippen LogP contribution in [0.25, 0.3) is 5.65 Å². The fourth-order valence-electron chi connectivity index (χ4n) is 3.71. The minimum Gasteiger partial charge on any atom is -0.276 e. The van der Waals surface area contributed by atoms with Crippen molar-refractivity contribution in [1.29, 1.82) is 0 Å². The number of rotatable bonds is 5. The highest BCUT2D eigenvalue weighted by Crippen LogP contribution is 2.29. The smallest absolute Gasteiger partial charge is 0.247 e. The van der Waals surface area contributed by atoms with Crippen LogP contribution in [0, 0.1) is 5.82 Å². The SMILES string of the molecule is O=S(=O)(c1cccn2c(SCc3ccc(F)cc3)nnc12)N1CCc2ccccc2C1. The van der Waals surface area contributed by atoms with Gasteiger partial charge in [0.05, 0.1) is 0 Å². The van der Waals surface area contributed by atoms with Gasteiger partial charge < -0.3 is 0 Å².